The van der Waals surface area contributed by atoms with Crippen molar-refractivity contribution in [3.05, 3.63) is 34.9 Å². The van der Waals surface area contributed by atoms with E-state index in [1.54, 1.807) is 31.2 Å². The molecule has 128 valence electrons. The van der Waals surface area contributed by atoms with Crippen LogP contribution in [0, 0.1) is 5.92 Å². The van der Waals surface area contributed by atoms with Gasteiger partial charge in [0.25, 0.3) is 0 Å². The molecule has 3 atom stereocenters. The van der Waals surface area contributed by atoms with Crippen molar-refractivity contribution < 1.29 is 15.0 Å². The molecule has 2 rings (SSSR count). The van der Waals surface area contributed by atoms with Gasteiger partial charge in [0.2, 0.25) is 5.91 Å². The van der Waals surface area contributed by atoms with E-state index in [-0.39, 0.29) is 24.8 Å². The van der Waals surface area contributed by atoms with Gasteiger partial charge in [-0.15, -0.1) is 0 Å². The number of carbonyl (C=O) groups is 1. The molecule has 4 N–H and O–H groups in total. The minimum absolute atomic E-state index is 0.0181. The molecule has 0 aliphatic carbocycles. The van der Waals surface area contributed by atoms with Crippen LogP contribution < -0.4 is 5.73 Å². The highest BCUT2D eigenvalue weighted by molar-refractivity contribution is 6.30. The van der Waals surface area contributed by atoms with Crippen LogP contribution in [0.1, 0.15) is 32.8 Å². The Bertz CT molecular complexity index is 574. The summed E-state index contributed by atoms with van der Waals surface area (Å²) in [6.45, 7) is 5.69. The van der Waals surface area contributed by atoms with Crippen LogP contribution in [-0.2, 0) is 10.4 Å². The lowest BCUT2D eigenvalue weighted by Crippen LogP contribution is -2.64. The number of halogens is 1. The molecule has 0 spiro atoms. The SMILES string of the molecule is CC(C)[C@@H](N)C(=O)N1CC[C@](O)(c2ccc(Cl)cc2)[C@@](C)(O)C1. The van der Waals surface area contributed by atoms with E-state index < -0.39 is 17.2 Å². The quantitative estimate of drug-likeness (QED) is 0.778. The van der Waals surface area contributed by atoms with Crippen LogP contribution in [0.2, 0.25) is 5.02 Å². The van der Waals surface area contributed by atoms with E-state index in [1.165, 1.54) is 4.90 Å². The lowest BCUT2D eigenvalue weighted by Gasteiger charge is -2.49. The number of benzene rings is 1. The zero-order valence-electron chi connectivity index (χ0n) is 13.8. The van der Waals surface area contributed by atoms with E-state index in [9.17, 15) is 15.0 Å². The second-order valence-electron chi connectivity index (χ2n) is 6.92. The molecule has 0 radical (unpaired) electrons. The molecule has 6 heteroatoms. The predicted octanol–water partition coefficient (Wildman–Crippen LogP) is 1.49. The van der Waals surface area contributed by atoms with Gasteiger partial charge in [0, 0.05) is 18.0 Å². The maximum absolute atomic E-state index is 12.4. The van der Waals surface area contributed by atoms with E-state index in [2.05, 4.69) is 0 Å². The van der Waals surface area contributed by atoms with Gasteiger partial charge >= 0.3 is 0 Å². The number of hydrogen-bond acceptors (Lipinski definition) is 4. The van der Waals surface area contributed by atoms with Crippen LogP contribution in [0.25, 0.3) is 0 Å². The van der Waals surface area contributed by atoms with Crippen molar-refractivity contribution in [1.82, 2.24) is 4.90 Å². The highest BCUT2D eigenvalue weighted by Crippen LogP contribution is 2.40. The lowest BCUT2D eigenvalue weighted by molar-refractivity contribution is -0.191. The van der Waals surface area contributed by atoms with Crippen molar-refractivity contribution >= 4 is 17.5 Å². The van der Waals surface area contributed by atoms with Crippen molar-refractivity contribution in [2.24, 2.45) is 11.7 Å². The molecule has 0 unspecified atom stereocenters. The molecule has 1 heterocycles. The van der Waals surface area contributed by atoms with Crippen LogP contribution in [0.5, 0.6) is 0 Å². The monoisotopic (exact) mass is 340 g/mol. The van der Waals surface area contributed by atoms with Gasteiger partial charge in [0.05, 0.1) is 12.6 Å². The Morgan fingerprint density at radius 1 is 1.30 bits per heavy atom. The Morgan fingerprint density at radius 2 is 1.87 bits per heavy atom. The number of rotatable bonds is 3. The van der Waals surface area contributed by atoms with E-state index in [0.717, 1.165) is 0 Å². The number of aliphatic hydroxyl groups is 2. The van der Waals surface area contributed by atoms with Crippen LogP contribution in [0.4, 0.5) is 0 Å². The maximum atomic E-state index is 12.4. The molecular formula is C17H25ClN2O3. The van der Waals surface area contributed by atoms with Gasteiger partial charge in [0.15, 0.2) is 0 Å². The molecule has 23 heavy (non-hydrogen) atoms. The first-order chi connectivity index (χ1) is 10.6. The Balaban J connectivity index is 2.23. The molecule has 1 aromatic rings. The summed E-state index contributed by atoms with van der Waals surface area (Å²) in [5.74, 6) is -0.178. The summed E-state index contributed by atoms with van der Waals surface area (Å²) in [6, 6.07) is 6.16. The summed E-state index contributed by atoms with van der Waals surface area (Å²) in [5.41, 5.74) is 3.60. The van der Waals surface area contributed by atoms with Crippen LogP contribution >= 0.6 is 11.6 Å². The van der Waals surface area contributed by atoms with Crippen molar-refractivity contribution in [2.75, 3.05) is 13.1 Å². The van der Waals surface area contributed by atoms with Crippen molar-refractivity contribution in [3.63, 3.8) is 0 Å². The smallest absolute Gasteiger partial charge is 0.239 e. The molecule has 1 aliphatic heterocycles. The van der Waals surface area contributed by atoms with Gasteiger partial charge in [0.1, 0.15) is 11.2 Å². The molecule has 1 fully saturated rings. The van der Waals surface area contributed by atoms with E-state index in [1.807, 2.05) is 13.8 Å². The predicted molar refractivity (Wildman–Crippen MR) is 90.0 cm³/mol. The lowest BCUT2D eigenvalue weighted by atomic mass is 9.73. The summed E-state index contributed by atoms with van der Waals surface area (Å²) < 4.78 is 0. The van der Waals surface area contributed by atoms with Gasteiger partial charge in [-0.3, -0.25) is 4.79 Å². The van der Waals surface area contributed by atoms with Gasteiger partial charge in [-0.05, 0) is 30.5 Å². The van der Waals surface area contributed by atoms with Gasteiger partial charge in [-0.1, -0.05) is 37.6 Å². The fourth-order valence-corrected chi connectivity index (χ4v) is 3.14. The first-order valence-corrected chi connectivity index (χ1v) is 8.21. The summed E-state index contributed by atoms with van der Waals surface area (Å²) in [7, 11) is 0. The number of piperidine rings is 1. The summed E-state index contributed by atoms with van der Waals surface area (Å²) in [4.78, 5) is 13.9. The van der Waals surface area contributed by atoms with Crippen molar-refractivity contribution in [2.45, 2.75) is 44.4 Å². The van der Waals surface area contributed by atoms with E-state index in [0.29, 0.717) is 17.1 Å². The number of likely N-dealkylation sites (tertiary alicyclic amines) is 1. The third kappa shape index (κ3) is 3.38. The maximum Gasteiger partial charge on any atom is 0.239 e. The highest BCUT2D eigenvalue weighted by atomic mass is 35.5. The Morgan fingerprint density at radius 3 is 2.35 bits per heavy atom. The Labute approximate surface area is 142 Å². The minimum Gasteiger partial charge on any atom is -0.385 e. The van der Waals surface area contributed by atoms with E-state index >= 15 is 0 Å². The molecular weight excluding hydrogens is 316 g/mol. The molecule has 1 saturated heterocycles. The first-order valence-electron chi connectivity index (χ1n) is 7.83. The molecule has 0 aromatic heterocycles. The van der Waals surface area contributed by atoms with Gasteiger partial charge < -0.3 is 20.8 Å². The highest BCUT2D eigenvalue weighted by Gasteiger charge is 2.52. The summed E-state index contributed by atoms with van der Waals surface area (Å²) >= 11 is 5.89. The van der Waals surface area contributed by atoms with Crippen molar-refractivity contribution in [1.29, 1.82) is 0 Å². The second kappa shape index (κ2) is 6.40. The van der Waals surface area contributed by atoms with Crippen LogP contribution in [0.15, 0.2) is 24.3 Å². The molecule has 1 aliphatic rings. The Hall–Kier alpha value is -1.14. The van der Waals surface area contributed by atoms with Crippen LogP contribution in [0.3, 0.4) is 0 Å². The number of amides is 1. The topological polar surface area (TPSA) is 86.8 Å². The number of nitrogens with two attached hydrogens (primary N) is 1. The van der Waals surface area contributed by atoms with E-state index in [4.69, 9.17) is 17.3 Å². The third-order valence-electron chi connectivity index (χ3n) is 4.77. The molecule has 1 amide bonds. The second-order valence-corrected chi connectivity index (χ2v) is 7.36. The van der Waals surface area contributed by atoms with Gasteiger partial charge in [-0.2, -0.15) is 0 Å². The molecule has 5 nitrogen and oxygen atoms in total. The number of carbonyl (C=O) groups excluding carboxylic acids is 1. The Kier molecular flexibility index (Phi) is 5.06. The molecule has 0 bridgehead atoms. The van der Waals surface area contributed by atoms with Crippen LogP contribution in [-0.4, -0.2) is 45.8 Å². The minimum atomic E-state index is -1.48. The normalized spacial score (nSPS) is 29.7. The standard InChI is InChI=1S/C17H25ClN2O3/c1-11(2)14(19)15(21)20-9-8-17(23,16(3,22)10-20)12-4-6-13(18)7-5-12/h4-7,11,14,22-23H,8-10,19H2,1-3H3/t14-,16+,17+/m1/s1. The zero-order valence-corrected chi connectivity index (χ0v) is 14.5. The average Bonchev–Trinajstić information content (AvgIpc) is 2.49. The molecule has 0 saturated carbocycles. The molecule has 1 aromatic carbocycles. The third-order valence-corrected chi connectivity index (χ3v) is 5.02. The fraction of sp³-hybridized carbons (Fsp3) is 0.588. The zero-order chi connectivity index (χ0) is 17.4. The number of nitrogens with zero attached hydrogens (tertiary/aromatic N) is 1. The first kappa shape index (κ1) is 18.2. The van der Waals surface area contributed by atoms with Crippen molar-refractivity contribution in [3.8, 4) is 0 Å². The van der Waals surface area contributed by atoms with Gasteiger partial charge in [-0.25, -0.2) is 0 Å². The number of hydrogen-bond donors (Lipinski definition) is 3. The average molecular weight is 341 g/mol. The summed E-state index contributed by atoms with van der Waals surface area (Å²) in [5, 5.41) is 22.4. The number of β-amino-alcohol motifs (C(OH)–C–C–N with tert-alkyl or cyclic N) is 1. The summed E-state index contributed by atoms with van der Waals surface area (Å²) in [6.07, 6.45) is 0.234. The fourth-order valence-electron chi connectivity index (χ4n) is 3.01. The largest absolute Gasteiger partial charge is 0.385 e.